The summed E-state index contributed by atoms with van der Waals surface area (Å²) in [7, 11) is 0. The Bertz CT molecular complexity index is 840. The molecule has 1 heterocycles. The van der Waals surface area contributed by atoms with Crippen molar-refractivity contribution in [1.82, 2.24) is 9.78 Å². The predicted octanol–water partition coefficient (Wildman–Crippen LogP) is 4.36. The molecule has 0 unspecified atom stereocenters. The topological polar surface area (TPSA) is 41.9 Å². The average Bonchev–Trinajstić information content (AvgIpc) is 2.98. The Morgan fingerprint density at radius 1 is 1.08 bits per heavy atom. The zero-order valence-electron chi connectivity index (χ0n) is 13.8. The van der Waals surface area contributed by atoms with Crippen LogP contribution in [-0.4, -0.2) is 14.9 Å². The highest BCUT2D eigenvalue weighted by Gasteiger charge is 2.04. The van der Waals surface area contributed by atoms with Crippen LogP contribution in [0.15, 0.2) is 60.9 Å². The molecule has 0 radical (unpaired) electrons. The quantitative estimate of drug-likeness (QED) is 0.695. The third-order valence-corrected chi connectivity index (χ3v) is 3.92. The molecule has 0 aliphatic rings. The fourth-order valence-corrected chi connectivity index (χ4v) is 2.67. The van der Waals surface area contributed by atoms with Gasteiger partial charge in [-0.25, -0.2) is 0 Å². The Hall–Kier alpha value is -2.66. The van der Waals surface area contributed by atoms with Crippen LogP contribution in [0.4, 0.5) is 11.4 Å². The van der Waals surface area contributed by atoms with Crippen LogP contribution in [0, 0.1) is 13.8 Å². The van der Waals surface area contributed by atoms with Crippen molar-refractivity contribution in [2.45, 2.75) is 20.4 Å². The number of nitrogens with one attached hydrogen (secondary N) is 2. The van der Waals surface area contributed by atoms with E-state index in [1.807, 2.05) is 29.1 Å². The summed E-state index contributed by atoms with van der Waals surface area (Å²) < 4.78 is 1.89. The molecule has 4 nitrogen and oxygen atoms in total. The van der Waals surface area contributed by atoms with Gasteiger partial charge in [0.15, 0.2) is 5.11 Å². The minimum atomic E-state index is 0.558. The predicted molar refractivity (Wildman–Crippen MR) is 104 cm³/mol. The van der Waals surface area contributed by atoms with Crippen LogP contribution >= 0.6 is 12.2 Å². The lowest BCUT2D eigenvalue weighted by Crippen LogP contribution is -2.19. The molecule has 3 aromatic rings. The molecule has 24 heavy (non-hydrogen) atoms. The monoisotopic (exact) mass is 336 g/mol. The largest absolute Gasteiger partial charge is 0.332 e. The minimum Gasteiger partial charge on any atom is -0.332 e. The van der Waals surface area contributed by atoms with Gasteiger partial charge in [-0.3, -0.25) is 4.68 Å². The highest BCUT2D eigenvalue weighted by atomic mass is 32.1. The molecule has 0 fully saturated rings. The van der Waals surface area contributed by atoms with Crippen LogP contribution in [0.3, 0.4) is 0 Å². The number of hydrogen-bond donors (Lipinski definition) is 2. The molecule has 0 atom stereocenters. The summed E-state index contributed by atoms with van der Waals surface area (Å²) in [5.41, 5.74) is 5.45. The van der Waals surface area contributed by atoms with E-state index < -0.39 is 0 Å². The first-order valence-electron chi connectivity index (χ1n) is 7.82. The van der Waals surface area contributed by atoms with Gasteiger partial charge in [0.25, 0.3) is 0 Å². The Kier molecular flexibility index (Phi) is 4.91. The van der Waals surface area contributed by atoms with Gasteiger partial charge in [0.05, 0.1) is 18.4 Å². The standard InChI is InChI=1S/C19H20N4S/c1-14-8-9-15(2)18(10-14)22-19(24)21-17-11-20-23(13-17)12-16-6-4-3-5-7-16/h3-11,13H,12H2,1-2H3,(H2,21,22,24). The summed E-state index contributed by atoms with van der Waals surface area (Å²) in [4.78, 5) is 0. The number of anilines is 2. The van der Waals surface area contributed by atoms with Gasteiger partial charge in [-0.2, -0.15) is 5.10 Å². The molecule has 0 aliphatic heterocycles. The molecule has 2 aromatic carbocycles. The molecule has 0 aliphatic carbocycles. The number of nitrogens with zero attached hydrogens (tertiary/aromatic N) is 2. The highest BCUT2D eigenvalue weighted by Crippen LogP contribution is 2.17. The minimum absolute atomic E-state index is 0.558. The van der Waals surface area contributed by atoms with E-state index in [9.17, 15) is 0 Å². The van der Waals surface area contributed by atoms with E-state index in [1.165, 1.54) is 11.1 Å². The van der Waals surface area contributed by atoms with E-state index in [2.05, 4.69) is 59.9 Å². The second kappa shape index (κ2) is 7.27. The first kappa shape index (κ1) is 16.2. The number of hydrogen-bond acceptors (Lipinski definition) is 2. The van der Waals surface area contributed by atoms with Crippen molar-refractivity contribution in [3.05, 3.63) is 77.6 Å². The van der Waals surface area contributed by atoms with Gasteiger partial charge in [-0.1, -0.05) is 42.5 Å². The van der Waals surface area contributed by atoms with Crippen LogP contribution in [-0.2, 0) is 6.54 Å². The fraction of sp³-hybridized carbons (Fsp3) is 0.158. The third-order valence-electron chi connectivity index (χ3n) is 3.72. The van der Waals surface area contributed by atoms with Crippen LogP contribution in [0.1, 0.15) is 16.7 Å². The van der Waals surface area contributed by atoms with Gasteiger partial charge in [0, 0.05) is 11.9 Å². The maximum atomic E-state index is 5.40. The Balaban J connectivity index is 1.62. The Labute approximate surface area is 147 Å². The molecule has 5 heteroatoms. The Morgan fingerprint density at radius 3 is 2.67 bits per heavy atom. The zero-order chi connectivity index (χ0) is 16.9. The van der Waals surface area contributed by atoms with Crippen molar-refractivity contribution in [2.24, 2.45) is 0 Å². The number of benzene rings is 2. The Morgan fingerprint density at radius 2 is 1.88 bits per heavy atom. The molecule has 0 bridgehead atoms. The van der Waals surface area contributed by atoms with Gasteiger partial charge in [-0.15, -0.1) is 0 Å². The van der Waals surface area contributed by atoms with Crippen LogP contribution in [0.2, 0.25) is 0 Å². The molecular formula is C19H20N4S. The summed E-state index contributed by atoms with van der Waals surface area (Å²) >= 11 is 5.40. The van der Waals surface area contributed by atoms with Gasteiger partial charge >= 0.3 is 0 Å². The second-order valence-corrected chi connectivity index (χ2v) is 6.22. The molecule has 0 spiro atoms. The normalized spacial score (nSPS) is 10.4. The van der Waals surface area contributed by atoms with Crippen LogP contribution in [0.25, 0.3) is 0 Å². The number of thiocarbonyl (C=S) groups is 1. The molecule has 1 aromatic heterocycles. The SMILES string of the molecule is Cc1ccc(C)c(NC(=S)Nc2cnn(Cc3ccccc3)c2)c1. The second-order valence-electron chi connectivity index (χ2n) is 5.81. The molecule has 0 saturated carbocycles. The first-order chi connectivity index (χ1) is 11.6. The van der Waals surface area contributed by atoms with E-state index >= 15 is 0 Å². The lowest BCUT2D eigenvalue weighted by Gasteiger charge is -2.12. The van der Waals surface area contributed by atoms with Crippen LogP contribution < -0.4 is 10.6 Å². The summed E-state index contributed by atoms with van der Waals surface area (Å²) in [5.74, 6) is 0. The summed E-state index contributed by atoms with van der Waals surface area (Å²) in [5, 5.41) is 11.4. The lowest BCUT2D eigenvalue weighted by molar-refractivity contribution is 0.687. The summed E-state index contributed by atoms with van der Waals surface area (Å²) in [6.07, 6.45) is 3.73. The van der Waals surface area contributed by atoms with Crippen molar-refractivity contribution in [3.8, 4) is 0 Å². The van der Waals surface area contributed by atoms with E-state index in [4.69, 9.17) is 12.2 Å². The van der Waals surface area contributed by atoms with Crippen molar-refractivity contribution in [3.63, 3.8) is 0 Å². The maximum absolute atomic E-state index is 5.40. The number of aromatic nitrogens is 2. The molecule has 0 amide bonds. The molecule has 2 N–H and O–H groups in total. The van der Waals surface area contributed by atoms with Gasteiger partial charge < -0.3 is 10.6 Å². The summed E-state index contributed by atoms with van der Waals surface area (Å²) in [6, 6.07) is 16.5. The molecular weight excluding hydrogens is 316 g/mol. The number of rotatable bonds is 4. The van der Waals surface area contributed by atoms with E-state index in [0.717, 1.165) is 23.5 Å². The maximum Gasteiger partial charge on any atom is 0.175 e. The third kappa shape index (κ3) is 4.20. The van der Waals surface area contributed by atoms with Crippen molar-refractivity contribution < 1.29 is 0 Å². The zero-order valence-corrected chi connectivity index (χ0v) is 14.6. The summed E-state index contributed by atoms with van der Waals surface area (Å²) in [6.45, 7) is 4.86. The first-order valence-corrected chi connectivity index (χ1v) is 8.22. The van der Waals surface area contributed by atoms with Crippen molar-refractivity contribution >= 4 is 28.7 Å². The van der Waals surface area contributed by atoms with Crippen molar-refractivity contribution in [2.75, 3.05) is 10.6 Å². The van der Waals surface area contributed by atoms with E-state index in [0.29, 0.717) is 5.11 Å². The smallest absolute Gasteiger partial charge is 0.175 e. The molecule has 122 valence electrons. The average molecular weight is 336 g/mol. The lowest BCUT2D eigenvalue weighted by atomic mass is 10.1. The van der Waals surface area contributed by atoms with E-state index in [-0.39, 0.29) is 0 Å². The number of aryl methyl sites for hydroxylation is 2. The molecule has 3 rings (SSSR count). The van der Waals surface area contributed by atoms with Crippen molar-refractivity contribution in [1.29, 1.82) is 0 Å². The van der Waals surface area contributed by atoms with E-state index in [1.54, 1.807) is 6.20 Å². The fourth-order valence-electron chi connectivity index (χ4n) is 2.44. The van der Waals surface area contributed by atoms with Gasteiger partial charge in [0.1, 0.15) is 0 Å². The highest BCUT2D eigenvalue weighted by molar-refractivity contribution is 7.80. The van der Waals surface area contributed by atoms with Crippen LogP contribution in [0.5, 0.6) is 0 Å². The van der Waals surface area contributed by atoms with Gasteiger partial charge in [0.2, 0.25) is 0 Å². The molecule has 0 saturated heterocycles. The van der Waals surface area contributed by atoms with Gasteiger partial charge in [-0.05, 0) is 48.8 Å².